The molecule has 0 radical (unpaired) electrons. The van der Waals surface area contributed by atoms with E-state index in [1.54, 1.807) is 0 Å². The van der Waals surface area contributed by atoms with Gasteiger partial charge in [0.1, 0.15) is 0 Å². The Kier molecular flexibility index (Phi) is 3.08. The number of anilines is 1. The summed E-state index contributed by atoms with van der Waals surface area (Å²) in [7, 11) is 0. The van der Waals surface area contributed by atoms with Gasteiger partial charge in [-0.1, -0.05) is 49.2 Å². The topological polar surface area (TPSA) is 29.0 Å². The first kappa shape index (κ1) is 11.7. The predicted octanol–water partition coefficient (Wildman–Crippen LogP) is 3.52. The van der Waals surface area contributed by atoms with Crippen molar-refractivity contribution in [1.82, 2.24) is 10.2 Å². The Balaban J connectivity index is 2.05. The number of halogens is 1. The van der Waals surface area contributed by atoms with Crippen LogP contribution in [0.15, 0.2) is 24.3 Å². The minimum Gasteiger partial charge on any atom is -0.354 e. The van der Waals surface area contributed by atoms with Crippen molar-refractivity contribution in [1.29, 1.82) is 0 Å². The third kappa shape index (κ3) is 1.93. The van der Waals surface area contributed by atoms with Crippen molar-refractivity contribution in [2.24, 2.45) is 5.92 Å². The van der Waals surface area contributed by atoms with Gasteiger partial charge in [-0.05, 0) is 12.3 Å². The highest BCUT2D eigenvalue weighted by atomic mass is 35.5. The molecule has 2 heterocycles. The van der Waals surface area contributed by atoms with E-state index in [1.165, 1.54) is 12.8 Å². The van der Waals surface area contributed by atoms with Crippen LogP contribution in [-0.2, 0) is 0 Å². The lowest BCUT2D eigenvalue weighted by Gasteiger charge is -2.18. The molecule has 1 aromatic carbocycles. The fourth-order valence-electron chi connectivity index (χ4n) is 2.65. The summed E-state index contributed by atoms with van der Waals surface area (Å²) in [4.78, 5) is 2.33. The molecule has 0 N–H and O–H groups in total. The second kappa shape index (κ2) is 4.73. The Bertz CT molecular complexity index is 570. The van der Waals surface area contributed by atoms with Gasteiger partial charge < -0.3 is 4.90 Å². The van der Waals surface area contributed by atoms with Crippen molar-refractivity contribution >= 4 is 28.2 Å². The molecule has 0 spiro atoms. The smallest absolute Gasteiger partial charge is 0.159 e. The van der Waals surface area contributed by atoms with Crippen molar-refractivity contribution in [2.45, 2.75) is 19.8 Å². The maximum Gasteiger partial charge on any atom is 0.159 e. The number of rotatable bonds is 2. The van der Waals surface area contributed by atoms with Crippen LogP contribution in [0.1, 0.15) is 19.8 Å². The van der Waals surface area contributed by atoms with Crippen molar-refractivity contribution in [3.05, 3.63) is 29.4 Å². The molecule has 1 aliphatic heterocycles. The molecule has 0 saturated carbocycles. The molecule has 1 fully saturated rings. The molecule has 0 bridgehead atoms. The minimum atomic E-state index is 0.487. The van der Waals surface area contributed by atoms with Gasteiger partial charge in [0.05, 0.1) is 0 Å². The van der Waals surface area contributed by atoms with Crippen LogP contribution in [-0.4, -0.2) is 23.3 Å². The van der Waals surface area contributed by atoms with E-state index in [4.69, 9.17) is 11.6 Å². The number of hydrogen-bond donors (Lipinski definition) is 0. The summed E-state index contributed by atoms with van der Waals surface area (Å²) in [6.45, 7) is 4.40. The highest BCUT2D eigenvalue weighted by Crippen LogP contribution is 2.31. The van der Waals surface area contributed by atoms with Gasteiger partial charge in [0.25, 0.3) is 0 Å². The second-order valence-corrected chi connectivity index (χ2v) is 5.23. The van der Waals surface area contributed by atoms with E-state index in [0.717, 1.165) is 35.6 Å². The van der Waals surface area contributed by atoms with Crippen molar-refractivity contribution in [3.8, 4) is 0 Å². The first-order valence-corrected chi connectivity index (χ1v) is 6.83. The van der Waals surface area contributed by atoms with Gasteiger partial charge in [0, 0.05) is 23.9 Å². The molecule has 1 aromatic heterocycles. The Morgan fingerprint density at radius 1 is 1.28 bits per heavy atom. The van der Waals surface area contributed by atoms with Gasteiger partial charge in [-0.3, -0.25) is 0 Å². The zero-order chi connectivity index (χ0) is 12.5. The summed E-state index contributed by atoms with van der Waals surface area (Å²) >= 11 is 6.10. The maximum absolute atomic E-state index is 6.10. The third-order valence-corrected chi connectivity index (χ3v) is 4.06. The molecule has 18 heavy (non-hydrogen) atoms. The molecule has 3 rings (SSSR count). The number of benzene rings is 1. The van der Waals surface area contributed by atoms with Crippen LogP contribution in [0, 0.1) is 5.92 Å². The summed E-state index contributed by atoms with van der Waals surface area (Å²) < 4.78 is 0. The van der Waals surface area contributed by atoms with Crippen molar-refractivity contribution in [3.63, 3.8) is 0 Å². The van der Waals surface area contributed by atoms with Crippen LogP contribution in [0.25, 0.3) is 10.8 Å². The predicted molar refractivity (Wildman–Crippen MR) is 75.2 cm³/mol. The van der Waals surface area contributed by atoms with Crippen molar-refractivity contribution in [2.75, 3.05) is 18.0 Å². The Morgan fingerprint density at radius 2 is 2.06 bits per heavy atom. The summed E-state index contributed by atoms with van der Waals surface area (Å²) in [5.41, 5.74) is 0. The molecular formula is C14H16ClN3. The van der Waals surface area contributed by atoms with E-state index in [-0.39, 0.29) is 0 Å². The number of hydrogen-bond acceptors (Lipinski definition) is 3. The SMILES string of the molecule is CCC1CCN(c2nnc(Cl)c3ccccc23)C1. The van der Waals surface area contributed by atoms with Crippen molar-refractivity contribution < 1.29 is 0 Å². The van der Waals surface area contributed by atoms with E-state index in [2.05, 4.69) is 28.1 Å². The van der Waals surface area contributed by atoms with Crippen LogP contribution in [0.5, 0.6) is 0 Å². The number of nitrogens with zero attached hydrogens (tertiary/aromatic N) is 3. The summed E-state index contributed by atoms with van der Waals surface area (Å²) in [6, 6.07) is 8.09. The molecule has 3 nitrogen and oxygen atoms in total. The Hall–Kier alpha value is -1.35. The largest absolute Gasteiger partial charge is 0.354 e. The van der Waals surface area contributed by atoms with Crippen LogP contribution in [0.3, 0.4) is 0 Å². The van der Waals surface area contributed by atoms with E-state index in [9.17, 15) is 0 Å². The molecule has 0 aliphatic carbocycles. The Morgan fingerprint density at radius 3 is 2.78 bits per heavy atom. The molecule has 1 saturated heterocycles. The molecular weight excluding hydrogens is 246 g/mol. The monoisotopic (exact) mass is 261 g/mol. The summed E-state index contributed by atoms with van der Waals surface area (Å²) in [5, 5.41) is 11.0. The maximum atomic E-state index is 6.10. The fourth-order valence-corrected chi connectivity index (χ4v) is 2.85. The first-order chi connectivity index (χ1) is 8.79. The number of fused-ring (bicyclic) bond motifs is 1. The molecule has 1 aliphatic rings. The van der Waals surface area contributed by atoms with Gasteiger partial charge in [0.2, 0.25) is 0 Å². The zero-order valence-electron chi connectivity index (χ0n) is 10.4. The normalized spacial score (nSPS) is 19.7. The van der Waals surface area contributed by atoms with Gasteiger partial charge in [-0.25, -0.2) is 0 Å². The minimum absolute atomic E-state index is 0.487. The first-order valence-electron chi connectivity index (χ1n) is 6.45. The average Bonchev–Trinajstić information content (AvgIpc) is 2.88. The van der Waals surface area contributed by atoms with Crippen LogP contribution < -0.4 is 4.90 Å². The zero-order valence-corrected chi connectivity index (χ0v) is 11.2. The third-order valence-electron chi connectivity index (χ3n) is 3.79. The van der Waals surface area contributed by atoms with Gasteiger partial charge in [0.15, 0.2) is 11.0 Å². The molecule has 1 atom stereocenters. The Labute approximate surface area is 112 Å². The average molecular weight is 262 g/mol. The summed E-state index contributed by atoms with van der Waals surface area (Å²) in [6.07, 6.45) is 2.48. The molecule has 0 amide bonds. The highest BCUT2D eigenvalue weighted by molar-refractivity contribution is 6.34. The quantitative estimate of drug-likeness (QED) is 0.828. The van der Waals surface area contributed by atoms with Crippen LogP contribution in [0.2, 0.25) is 5.15 Å². The number of aromatic nitrogens is 2. The van der Waals surface area contributed by atoms with Crippen LogP contribution in [0.4, 0.5) is 5.82 Å². The molecule has 1 unspecified atom stereocenters. The molecule has 94 valence electrons. The molecule has 4 heteroatoms. The lowest BCUT2D eigenvalue weighted by Crippen LogP contribution is -2.21. The van der Waals surface area contributed by atoms with Gasteiger partial charge in [-0.15, -0.1) is 10.2 Å². The molecule has 2 aromatic rings. The standard InChI is InChI=1S/C14H16ClN3/c1-2-10-7-8-18(9-10)14-12-6-4-3-5-11(12)13(15)16-17-14/h3-6,10H,2,7-9H2,1H3. The second-order valence-electron chi connectivity index (χ2n) is 4.87. The van der Waals surface area contributed by atoms with Gasteiger partial charge in [-0.2, -0.15) is 0 Å². The van der Waals surface area contributed by atoms with E-state index >= 15 is 0 Å². The van der Waals surface area contributed by atoms with E-state index < -0.39 is 0 Å². The fraction of sp³-hybridized carbons (Fsp3) is 0.429. The lowest BCUT2D eigenvalue weighted by atomic mass is 10.1. The highest BCUT2D eigenvalue weighted by Gasteiger charge is 2.24. The summed E-state index contributed by atoms with van der Waals surface area (Å²) in [5.74, 6) is 1.76. The lowest BCUT2D eigenvalue weighted by molar-refractivity contribution is 0.568. The van der Waals surface area contributed by atoms with E-state index in [1.807, 2.05) is 18.2 Å². The van der Waals surface area contributed by atoms with Crippen LogP contribution >= 0.6 is 11.6 Å². The van der Waals surface area contributed by atoms with Gasteiger partial charge >= 0.3 is 0 Å². The van der Waals surface area contributed by atoms with E-state index in [0.29, 0.717) is 5.15 Å².